The second kappa shape index (κ2) is 6.64. The number of benzene rings is 1. The summed E-state index contributed by atoms with van der Waals surface area (Å²) in [5, 5.41) is 0. The van der Waals surface area contributed by atoms with Gasteiger partial charge in [-0.25, -0.2) is 13.1 Å². The molecule has 2 unspecified atom stereocenters. The number of hydrogen-bond acceptors (Lipinski definition) is 5. The third-order valence-corrected chi connectivity index (χ3v) is 5.18. The Morgan fingerprint density at radius 2 is 2.00 bits per heavy atom. The van der Waals surface area contributed by atoms with Crippen molar-refractivity contribution in [1.82, 2.24) is 4.72 Å². The normalized spacial score (nSPS) is 23.0. The molecule has 1 fully saturated rings. The number of anilines is 1. The molecule has 0 aliphatic heterocycles. The van der Waals surface area contributed by atoms with Crippen molar-refractivity contribution in [3.63, 3.8) is 0 Å². The monoisotopic (exact) mass is 314 g/mol. The molecule has 0 aromatic heterocycles. The van der Waals surface area contributed by atoms with Crippen LogP contribution in [0.5, 0.6) is 5.75 Å². The van der Waals surface area contributed by atoms with Crippen molar-refractivity contribution in [3.8, 4) is 5.75 Å². The average Bonchev–Trinajstić information content (AvgIpc) is 2.49. The molecule has 0 heterocycles. The molecule has 118 valence electrons. The summed E-state index contributed by atoms with van der Waals surface area (Å²) in [4.78, 5) is 0.133. The van der Waals surface area contributed by atoms with Gasteiger partial charge in [-0.2, -0.15) is 0 Å². The Morgan fingerprint density at radius 1 is 1.29 bits per heavy atom. The summed E-state index contributed by atoms with van der Waals surface area (Å²) in [7, 11) is -0.418. The van der Waals surface area contributed by atoms with Crippen LogP contribution in [0, 0.1) is 0 Å². The van der Waals surface area contributed by atoms with E-state index in [9.17, 15) is 8.42 Å². The minimum atomic E-state index is -3.49. The molecule has 0 bridgehead atoms. The number of ether oxygens (including phenoxy) is 2. The molecule has 0 radical (unpaired) electrons. The molecule has 1 aromatic rings. The van der Waals surface area contributed by atoms with Crippen molar-refractivity contribution >= 4 is 15.7 Å². The molecule has 0 amide bonds. The highest BCUT2D eigenvalue weighted by atomic mass is 32.2. The van der Waals surface area contributed by atoms with Gasteiger partial charge in [0.05, 0.1) is 16.7 Å². The first-order valence-electron chi connectivity index (χ1n) is 6.99. The van der Waals surface area contributed by atoms with Gasteiger partial charge in [-0.05, 0) is 44.5 Å². The quantitative estimate of drug-likeness (QED) is 0.804. The molecule has 0 spiro atoms. The summed E-state index contributed by atoms with van der Waals surface area (Å²) in [6, 6.07) is 4.52. The van der Waals surface area contributed by atoms with Gasteiger partial charge in [0, 0.05) is 13.5 Å². The smallest absolute Gasteiger partial charge is 0.240 e. The number of hydrogen-bond donors (Lipinski definition) is 2. The van der Waals surface area contributed by atoms with Crippen molar-refractivity contribution < 1.29 is 17.9 Å². The fraction of sp³-hybridized carbons (Fsp3) is 0.571. The average molecular weight is 314 g/mol. The Balaban J connectivity index is 2.11. The van der Waals surface area contributed by atoms with Crippen LogP contribution < -0.4 is 15.2 Å². The molecule has 2 rings (SSSR count). The van der Waals surface area contributed by atoms with Crippen LogP contribution in [-0.4, -0.2) is 34.8 Å². The summed E-state index contributed by atoms with van der Waals surface area (Å²) < 4.78 is 37.0. The van der Waals surface area contributed by atoms with Gasteiger partial charge in [0.1, 0.15) is 11.9 Å². The first-order valence-corrected chi connectivity index (χ1v) is 8.47. The van der Waals surface area contributed by atoms with Gasteiger partial charge >= 0.3 is 0 Å². The maximum atomic E-state index is 11.7. The van der Waals surface area contributed by atoms with E-state index in [4.69, 9.17) is 15.2 Å². The Labute approximate surface area is 125 Å². The maximum absolute atomic E-state index is 11.7. The highest BCUT2D eigenvalue weighted by Crippen LogP contribution is 2.30. The molecule has 2 atom stereocenters. The number of rotatable bonds is 5. The van der Waals surface area contributed by atoms with Gasteiger partial charge < -0.3 is 15.2 Å². The molecule has 6 nitrogen and oxygen atoms in total. The van der Waals surface area contributed by atoms with Crippen LogP contribution in [0.25, 0.3) is 0 Å². The molecule has 7 heteroatoms. The lowest BCUT2D eigenvalue weighted by Crippen LogP contribution is -2.29. The zero-order valence-corrected chi connectivity index (χ0v) is 13.2. The Kier molecular flexibility index (Phi) is 5.08. The van der Waals surface area contributed by atoms with E-state index in [-0.39, 0.29) is 17.1 Å². The van der Waals surface area contributed by atoms with Crippen LogP contribution in [0.2, 0.25) is 0 Å². The van der Waals surface area contributed by atoms with Crippen LogP contribution in [0.1, 0.15) is 25.7 Å². The van der Waals surface area contributed by atoms with Gasteiger partial charge in [0.2, 0.25) is 10.0 Å². The molecule has 1 saturated carbocycles. The fourth-order valence-corrected chi connectivity index (χ4v) is 3.29. The Hall–Kier alpha value is -1.31. The SMILES string of the molecule is CNS(=O)(=O)c1ccc(OC2CCCC(OC)C2)c(N)c1. The van der Waals surface area contributed by atoms with E-state index < -0.39 is 10.0 Å². The largest absolute Gasteiger partial charge is 0.488 e. The fourth-order valence-electron chi connectivity index (χ4n) is 2.52. The second-order valence-electron chi connectivity index (χ2n) is 5.17. The van der Waals surface area contributed by atoms with E-state index in [0.717, 1.165) is 25.7 Å². The van der Waals surface area contributed by atoms with E-state index in [1.54, 1.807) is 13.2 Å². The van der Waals surface area contributed by atoms with Crippen LogP contribution in [0.3, 0.4) is 0 Å². The second-order valence-corrected chi connectivity index (χ2v) is 7.06. The molecular formula is C14H22N2O4S. The van der Waals surface area contributed by atoms with Crippen molar-refractivity contribution in [2.45, 2.75) is 42.8 Å². The number of nitrogens with one attached hydrogen (secondary N) is 1. The Bertz CT molecular complexity index is 589. The number of nitrogens with two attached hydrogens (primary N) is 1. The molecule has 1 aliphatic rings. The van der Waals surface area contributed by atoms with Gasteiger partial charge in [-0.1, -0.05) is 0 Å². The van der Waals surface area contributed by atoms with Crippen LogP contribution in [0.15, 0.2) is 23.1 Å². The van der Waals surface area contributed by atoms with Crippen molar-refractivity contribution in [3.05, 3.63) is 18.2 Å². The first-order chi connectivity index (χ1) is 9.96. The zero-order valence-electron chi connectivity index (χ0n) is 12.3. The standard InChI is InChI=1S/C14H22N2O4S/c1-16-21(17,18)12-6-7-14(13(15)9-12)20-11-5-3-4-10(8-11)19-2/h6-7,9-11,16H,3-5,8,15H2,1-2H3. The first kappa shape index (κ1) is 16.1. The van der Waals surface area contributed by atoms with E-state index in [2.05, 4.69) is 4.72 Å². The van der Waals surface area contributed by atoms with Gasteiger partial charge in [0.15, 0.2) is 0 Å². The summed E-state index contributed by atoms with van der Waals surface area (Å²) in [6.07, 6.45) is 4.15. The molecule has 21 heavy (non-hydrogen) atoms. The third kappa shape index (κ3) is 3.87. The van der Waals surface area contributed by atoms with Crippen LogP contribution in [-0.2, 0) is 14.8 Å². The van der Waals surface area contributed by atoms with Gasteiger partial charge in [-0.15, -0.1) is 0 Å². The summed E-state index contributed by atoms with van der Waals surface area (Å²) >= 11 is 0. The lowest BCUT2D eigenvalue weighted by molar-refractivity contribution is 0.0212. The van der Waals surface area contributed by atoms with Crippen molar-refractivity contribution in [2.24, 2.45) is 0 Å². The molecular weight excluding hydrogens is 292 g/mol. The zero-order chi connectivity index (χ0) is 15.5. The highest BCUT2D eigenvalue weighted by molar-refractivity contribution is 7.89. The topological polar surface area (TPSA) is 90.7 Å². The van der Waals surface area contributed by atoms with Crippen molar-refractivity contribution in [1.29, 1.82) is 0 Å². The van der Waals surface area contributed by atoms with E-state index in [1.807, 2.05) is 0 Å². The minimum absolute atomic E-state index is 0.0535. The van der Waals surface area contributed by atoms with Gasteiger partial charge in [-0.3, -0.25) is 0 Å². The maximum Gasteiger partial charge on any atom is 0.240 e. The van der Waals surface area contributed by atoms with Crippen LogP contribution >= 0.6 is 0 Å². The van der Waals surface area contributed by atoms with E-state index in [1.165, 1.54) is 19.2 Å². The predicted octanol–water partition coefficient (Wildman–Crippen LogP) is 1.51. The van der Waals surface area contributed by atoms with Crippen LogP contribution in [0.4, 0.5) is 5.69 Å². The van der Waals surface area contributed by atoms with E-state index >= 15 is 0 Å². The van der Waals surface area contributed by atoms with Gasteiger partial charge in [0.25, 0.3) is 0 Å². The lowest BCUT2D eigenvalue weighted by atomic mass is 9.95. The summed E-state index contributed by atoms with van der Waals surface area (Å²) in [5.41, 5.74) is 6.23. The predicted molar refractivity (Wildman–Crippen MR) is 80.8 cm³/mol. The number of nitrogen functional groups attached to an aromatic ring is 1. The molecule has 1 aliphatic carbocycles. The number of methoxy groups -OCH3 is 1. The van der Waals surface area contributed by atoms with E-state index in [0.29, 0.717) is 11.4 Å². The Morgan fingerprint density at radius 3 is 2.62 bits per heavy atom. The molecule has 1 aromatic carbocycles. The molecule has 0 saturated heterocycles. The highest BCUT2D eigenvalue weighted by Gasteiger charge is 2.24. The summed E-state index contributed by atoms with van der Waals surface area (Å²) in [5.74, 6) is 0.520. The molecule has 3 N–H and O–H groups in total. The third-order valence-electron chi connectivity index (χ3n) is 3.77. The minimum Gasteiger partial charge on any atom is -0.488 e. The lowest BCUT2D eigenvalue weighted by Gasteiger charge is -2.29. The van der Waals surface area contributed by atoms with Crippen molar-refractivity contribution in [2.75, 3.05) is 19.9 Å². The number of sulfonamides is 1. The summed E-state index contributed by atoms with van der Waals surface area (Å²) in [6.45, 7) is 0.